The zero-order chi connectivity index (χ0) is 13.6. The zero-order valence-electron chi connectivity index (χ0n) is 11.9. The SMILES string of the molecule is CCC(O)CCCCCCCCCCCC(O)F. The third-order valence-corrected chi connectivity index (χ3v) is 3.45. The summed E-state index contributed by atoms with van der Waals surface area (Å²) in [6.07, 6.45) is 10.8. The molecule has 0 rings (SSSR count). The van der Waals surface area contributed by atoms with Crippen molar-refractivity contribution in [3.63, 3.8) is 0 Å². The Morgan fingerprint density at radius 3 is 1.50 bits per heavy atom. The minimum Gasteiger partial charge on any atom is -0.393 e. The van der Waals surface area contributed by atoms with Crippen molar-refractivity contribution in [2.75, 3.05) is 0 Å². The first kappa shape index (κ1) is 17.8. The average molecular weight is 262 g/mol. The van der Waals surface area contributed by atoms with Crippen LogP contribution in [-0.4, -0.2) is 22.7 Å². The third-order valence-electron chi connectivity index (χ3n) is 3.45. The lowest BCUT2D eigenvalue weighted by molar-refractivity contribution is 0.0323. The van der Waals surface area contributed by atoms with E-state index >= 15 is 0 Å². The topological polar surface area (TPSA) is 40.5 Å². The van der Waals surface area contributed by atoms with Gasteiger partial charge >= 0.3 is 0 Å². The predicted octanol–water partition coefficient (Wildman–Crippen LogP) is 4.34. The molecule has 2 unspecified atom stereocenters. The van der Waals surface area contributed by atoms with Crippen LogP contribution in [-0.2, 0) is 0 Å². The van der Waals surface area contributed by atoms with Gasteiger partial charge in [-0.15, -0.1) is 0 Å². The molecule has 0 heterocycles. The molecule has 0 radical (unpaired) electrons. The fourth-order valence-electron chi connectivity index (χ4n) is 2.13. The number of unbranched alkanes of at least 4 members (excludes halogenated alkanes) is 8. The van der Waals surface area contributed by atoms with Crippen LogP contribution in [0.2, 0.25) is 0 Å². The van der Waals surface area contributed by atoms with Crippen LogP contribution >= 0.6 is 0 Å². The first-order chi connectivity index (χ1) is 8.66. The molecule has 3 heteroatoms. The number of hydrogen-bond donors (Lipinski definition) is 2. The molecule has 0 aromatic heterocycles. The molecule has 18 heavy (non-hydrogen) atoms. The van der Waals surface area contributed by atoms with Crippen molar-refractivity contribution < 1.29 is 14.6 Å². The van der Waals surface area contributed by atoms with Crippen molar-refractivity contribution in [3.05, 3.63) is 0 Å². The van der Waals surface area contributed by atoms with Gasteiger partial charge in [0.15, 0.2) is 6.36 Å². The smallest absolute Gasteiger partial charge is 0.196 e. The van der Waals surface area contributed by atoms with E-state index in [1.807, 2.05) is 6.92 Å². The van der Waals surface area contributed by atoms with Gasteiger partial charge in [0.2, 0.25) is 0 Å². The van der Waals surface area contributed by atoms with Crippen LogP contribution < -0.4 is 0 Å². The Balaban J connectivity index is 2.99. The Bertz CT molecular complexity index is 163. The summed E-state index contributed by atoms with van der Waals surface area (Å²) < 4.78 is 12.1. The highest BCUT2D eigenvalue weighted by Gasteiger charge is 2.00. The number of hydrogen-bond acceptors (Lipinski definition) is 2. The first-order valence-electron chi connectivity index (χ1n) is 7.67. The third kappa shape index (κ3) is 13.9. The van der Waals surface area contributed by atoms with Crippen LogP contribution in [0.4, 0.5) is 4.39 Å². The van der Waals surface area contributed by atoms with Gasteiger partial charge in [0.25, 0.3) is 0 Å². The number of aliphatic hydroxyl groups is 2. The Hall–Kier alpha value is -0.150. The highest BCUT2D eigenvalue weighted by atomic mass is 19.1. The van der Waals surface area contributed by atoms with Crippen LogP contribution in [0.3, 0.4) is 0 Å². The molecule has 0 aliphatic rings. The van der Waals surface area contributed by atoms with Crippen molar-refractivity contribution in [2.24, 2.45) is 0 Å². The molecule has 0 aliphatic heterocycles. The highest BCUT2D eigenvalue weighted by molar-refractivity contribution is 4.53. The highest BCUT2D eigenvalue weighted by Crippen LogP contribution is 2.13. The quantitative estimate of drug-likeness (QED) is 0.485. The maximum atomic E-state index is 12.1. The number of rotatable bonds is 13. The summed E-state index contributed by atoms with van der Waals surface area (Å²) in [5.41, 5.74) is 0. The molecule has 0 aromatic rings. The van der Waals surface area contributed by atoms with E-state index in [4.69, 9.17) is 5.11 Å². The van der Waals surface area contributed by atoms with Crippen LogP contribution in [0.25, 0.3) is 0 Å². The van der Waals surface area contributed by atoms with Gasteiger partial charge < -0.3 is 10.2 Å². The molecule has 2 nitrogen and oxygen atoms in total. The second kappa shape index (κ2) is 13.3. The molecule has 2 atom stereocenters. The minimum atomic E-state index is -1.62. The summed E-state index contributed by atoms with van der Waals surface area (Å²) in [6, 6.07) is 0. The summed E-state index contributed by atoms with van der Waals surface area (Å²) >= 11 is 0. The first-order valence-corrected chi connectivity index (χ1v) is 7.67. The lowest BCUT2D eigenvalue weighted by Crippen LogP contribution is -2.03. The lowest BCUT2D eigenvalue weighted by Gasteiger charge is -2.06. The Morgan fingerprint density at radius 1 is 0.722 bits per heavy atom. The van der Waals surface area contributed by atoms with E-state index in [0.717, 1.165) is 38.5 Å². The number of halogens is 1. The average Bonchev–Trinajstić information content (AvgIpc) is 2.35. The van der Waals surface area contributed by atoms with Crippen molar-refractivity contribution in [1.82, 2.24) is 0 Å². The van der Waals surface area contributed by atoms with E-state index in [2.05, 4.69) is 0 Å². The molecule has 0 aliphatic carbocycles. The summed E-state index contributed by atoms with van der Waals surface area (Å²) in [6.45, 7) is 2.02. The monoisotopic (exact) mass is 262 g/mol. The molecule has 2 N–H and O–H groups in total. The van der Waals surface area contributed by atoms with Crippen molar-refractivity contribution in [3.8, 4) is 0 Å². The summed E-state index contributed by atoms with van der Waals surface area (Å²) in [5.74, 6) is 0. The van der Waals surface area contributed by atoms with Crippen LogP contribution in [0, 0.1) is 0 Å². The Morgan fingerprint density at radius 2 is 1.11 bits per heavy atom. The summed E-state index contributed by atoms with van der Waals surface area (Å²) in [7, 11) is 0. The largest absolute Gasteiger partial charge is 0.393 e. The van der Waals surface area contributed by atoms with E-state index < -0.39 is 6.36 Å². The second-order valence-corrected chi connectivity index (χ2v) is 5.26. The van der Waals surface area contributed by atoms with E-state index in [1.54, 1.807) is 0 Å². The molecule has 110 valence electrons. The molecule has 0 aromatic carbocycles. The molecule has 0 saturated carbocycles. The van der Waals surface area contributed by atoms with Gasteiger partial charge in [-0.2, -0.15) is 0 Å². The van der Waals surface area contributed by atoms with Crippen molar-refractivity contribution in [2.45, 2.75) is 96.4 Å². The van der Waals surface area contributed by atoms with Gasteiger partial charge in [0, 0.05) is 6.42 Å². The number of aliphatic hydroxyl groups excluding tert-OH is 2. The van der Waals surface area contributed by atoms with E-state index in [-0.39, 0.29) is 6.10 Å². The molecule has 0 amide bonds. The van der Waals surface area contributed by atoms with Crippen LogP contribution in [0.5, 0.6) is 0 Å². The van der Waals surface area contributed by atoms with Crippen molar-refractivity contribution >= 4 is 0 Å². The Labute approximate surface area is 112 Å². The predicted molar refractivity (Wildman–Crippen MR) is 74.2 cm³/mol. The van der Waals surface area contributed by atoms with E-state index in [1.165, 1.54) is 32.1 Å². The number of alkyl halides is 1. The maximum absolute atomic E-state index is 12.1. The molecule has 0 fully saturated rings. The van der Waals surface area contributed by atoms with E-state index in [0.29, 0.717) is 6.42 Å². The molecular formula is C15H31FO2. The van der Waals surface area contributed by atoms with Gasteiger partial charge in [-0.05, 0) is 19.3 Å². The summed E-state index contributed by atoms with van der Waals surface area (Å²) in [5, 5.41) is 17.8. The molecule has 0 bridgehead atoms. The minimum absolute atomic E-state index is 0.101. The van der Waals surface area contributed by atoms with Gasteiger partial charge in [0.1, 0.15) is 0 Å². The fraction of sp³-hybridized carbons (Fsp3) is 1.00. The molecule has 0 spiro atoms. The Kier molecular flexibility index (Phi) is 13.2. The molecule has 0 saturated heterocycles. The van der Waals surface area contributed by atoms with Gasteiger partial charge in [-0.25, -0.2) is 4.39 Å². The zero-order valence-corrected chi connectivity index (χ0v) is 11.9. The van der Waals surface area contributed by atoms with Gasteiger partial charge in [0.05, 0.1) is 6.10 Å². The van der Waals surface area contributed by atoms with Crippen LogP contribution in [0.1, 0.15) is 84.0 Å². The summed E-state index contributed by atoms with van der Waals surface area (Å²) in [4.78, 5) is 0. The lowest BCUT2D eigenvalue weighted by atomic mass is 10.0. The fourth-order valence-corrected chi connectivity index (χ4v) is 2.13. The van der Waals surface area contributed by atoms with E-state index in [9.17, 15) is 9.50 Å². The normalized spacial score (nSPS) is 14.7. The van der Waals surface area contributed by atoms with Crippen molar-refractivity contribution in [1.29, 1.82) is 0 Å². The standard InChI is InChI=1S/C15H31FO2/c1-2-14(17)12-10-8-6-4-3-5-7-9-11-13-15(16)18/h14-15,17-18H,2-13H2,1H3. The van der Waals surface area contributed by atoms with Gasteiger partial charge in [-0.3, -0.25) is 0 Å². The molecular weight excluding hydrogens is 231 g/mol. The maximum Gasteiger partial charge on any atom is 0.196 e. The van der Waals surface area contributed by atoms with Crippen LogP contribution in [0.15, 0.2) is 0 Å². The van der Waals surface area contributed by atoms with Gasteiger partial charge in [-0.1, -0.05) is 58.3 Å². The second-order valence-electron chi connectivity index (χ2n) is 5.26.